The fourth-order valence-corrected chi connectivity index (χ4v) is 4.84. The van der Waals surface area contributed by atoms with Crippen LogP contribution in [0.15, 0.2) is 52.9 Å². The maximum absolute atomic E-state index is 13.8. The average Bonchev–Trinajstić information content (AvgIpc) is 3.68. The van der Waals surface area contributed by atoms with E-state index in [0.29, 0.717) is 39.6 Å². The largest absolute Gasteiger partial charge is 0.464 e. The van der Waals surface area contributed by atoms with E-state index in [0.717, 1.165) is 24.2 Å². The molecule has 0 bridgehead atoms. The molecule has 9 nitrogen and oxygen atoms in total. The molecule has 0 spiro atoms. The Morgan fingerprint density at radius 2 is 1.82 bits per heavy atom. The summed E-state index contributed by atoms with van der Waals surface area (Å²) in [4.78, 5) is 30.3. The van der Waals surface area contributed by atoms with E-state index >= 15 is 0 Å². The minimum atomic E-state index is -0.436. The van der Waals surface area contributed by atoms with Gasteiger partial charge in [0.05, 0.1) is 22.7 Å². The first-order valence-corrected chi connectivity index (χ1v) is 13.4. The molecule has 39 heavy (non-hydrogen) atoms. The third-order valence-electron chi connectivity index (χ3n) is 6.54. The molecule has 3 amide bonds. The van der Waals surface area contributed by atoms with Crippen molar-refractivity contribution in [3.05, 3.63) is 75.7 Å². The number of anilines is 1. The number of nitrogens with zero attached hydrogens (tertiary/aromatic N) is 2. The number of halogens is 2. The fraction of sp³-hybridized carbons (Fsp3) is 0.357. The second kappa shape index (κ2) is 12.2. The maximum atomic E-state index is 13.8. The topological polar surface area (TPSA) is 93.5 Å². The Hall–Kier alpha value is -3.40. The third-order valence-corrected chi connectivity index (χ3v) is 7.28. The van der Waals surface area contributed by atoms with Crippen molar-refractivity contribution in [1.82, 2.24) is 9.80 Å². The molecule has 11 heteroatoms. The summed E-state index contributed by atoms with van der Waals surface area (Å²) in [6.07, 6.45) is 1.58. The van der Waals surface area contributed by atoms with E-state index in [4.69, 9.17) is 41.8 Å². The second-order valence-corrected chi connectivity index (χ2v) is 10.3. The van der Waals surface area contributed by atoms with E-state index < -0.39 is 6.03 Å². The van der Waals surface area contributed by atoms with E-state index in [1.54, 1.807) is 23.1 Å². The number of fused-ring (bicyclic) bond motifs is 1. The summed E-state index contributed by atoms with van der Waals surface area (Å²) in [5.74, 6) is 2.45. The number of nitrogens with one attached hydrogen (secondary N) is 1. The lowest BCUT2D eigenvalue weighted by Gasteiger charge is -2.29. The molecule has 5 rings (SSSR count). The van der Waals surface area contributed by atoms with Crippen molar-refractivity contribution in [1.29, 1.82) is 0 Å². The van der Waals surface area contributed by atoms with Crippen molar-refractivity contribution in [3.63, 3.8) is 0 Å². The molecule has 0 aliphatic carbocycles. The highest BCUT2D eigenvalue weighted by atomic mass is 35.5. The van der Waals surface area contributed by atoms with Crippen LogP contribution in [0.1, 0.15) is 29.9 Å². The number of carbonyl (C=O) groups excluding carboxylic acids is 2. The van der Waals surface area contributed by atoms with Gasteiger partial charge in [0.15, 0.2) is 11.5 Å². The lowest BCUT2D eigenvalue weighted by atomic mass is 10.1. The van der Waals surface area contributed by atoms with E-state index in [1.807, 2.05) is 37.3 Å². The molecule has 1 N–H and O–H groups in total. The van der Waals surface area contributed by atoms with Crippen LogP contribution in [0.5, 0.6) is 11.5 Å². The zero-order valence-electron chi connectivity index (χ0n) is 21.5. The smallest absolute Gasteiger partial charge is 0.322 e. The van der Waals surface area contributed by atoms with Gasteiger partial charge in [-0.25, -0.2) is 4.79 Å². The molecule has 3 heterocycles. The molecular formula is C28H29Cl2N3O6. The van der Waals surface area contributed by atoms with Gasteiger partial charge in [-0.2, -0.15) is 0 Å². The molecule has 1 atom stereocenters. The van der Waals surface area contributed by atoms with E-state index in [1.165, 1.54) is 4.90 Å². The quantitative estimate of drug-likeness (QED) is 0.344. The van der Waals surface area contributed by atoms with Crippen LogP contribution in [0.3, 0.4) is 0 Å². The standard InChI is InChI=1S/C28H29Cl2N3O6/c1-18-4-7-22(39-18)15-32(13-19-5-9-25-26(11-19)38-17-37-25)27(34)16-33(14-21-3-2-10-36-21)28(35)31-20-6-8-23(29)24(30)12-20/h4-9,11-12,21H,2-3,10,13-17H2,1H3,(H,31,35). The summed E-state index contributed by atoms with van der Waals surface area (Å²) < 4.78 is 22.5. The number of urea groups is 1. The molecule has 2 aliphatic rings. The molecule has 0 radical (unpaired) electrons. The minimum Gasteiger partial charge on any atom is -0.464 e. The molecular weight excluding hydrogens is 545 g/mol. The van der Waals surface area contributed by atoms with Gasteiger partial charge >= 0.3 is 6.03 Å². The monoisotopic (exact) mass is 573 g/mol. The van der Waals surface area contributed by atoms with Gasteiger partial charge in [0.25, 0.3) is 0 Å². The van der Waals surface area contributed by atoms with Crippen LogP contribution in [0.25, 0.3) is 0 Å². The van der Waals surface area contributed by atoms with Gasteiger partial charge in [0.2, 0.25) is 12.7 Å². The van der Waals surface area contributed by atoms with Crippen molar-refractivity contribution >= 4 is 40.8 Å². The van der Waals surface area contributed by atoms with Crippen molar-refractivity contribution in [2.45, 2.75) is 39.0 Å². The van der Waals surface area contributed by atoms with Gasteiger partial charge < -0.3 is 33.7 Å². The molecule has 2 aliphatic heterocycles. The van der Waals surface area contributed by atoms with Gasteiger partial charge in [0.1, 0.15) is 18.1 Å². The number of hydrogen-bond donors (Lipinski definition) is 1. The van der Waals surface area contributed by atoms with Gasteiger partial charge in [-0.15, -0.1) is 0 Å². The number of amides is 3. The highest BCUT2D eigenvalue weighted by Crippen LogP contribution is 2.33. The number of furan rings is 1. The summed E-state index contributed by atoms with van der Waals surface area (Å²) >= 11 is 12.1. The van der Waals surface area contributed by atoms with Crippen LogP contribution in [0.4, 0.5) is 10.5 Å². The number of hydrogen-bond acceptors (Lipinski definition) is 6. The van der Waals surface area contributed by atoms with Crippen LogP contribution in [0, 0.1) is 6.92 Å². The van der Waals surface area contributed by atoms with E-state index in [2.05, 4.69) is 5.32 Å². The Labute approximate surface area is 236 Å². The molecule has 206 valence electrons. The van der Waals surface area contributed by atoms with Gasteiger partial charge in [-0.3, -0.25) is 4.79 Å². The minimum absolute atomic E-state index is 0.146. The first-order valence-electron chi connectivity index (χ1n) is 12.7. The SMILES string of the molecule is Cc1ccc(CN(Cc2ccc3c(c2)OCO3)C(=O)CN(CC2CCCO2)C(=O)Nc2ccc(Cl)c(Cl)c2)o1. The number of ether oxygens (including phenoxy) is 3. The molecule has 3 aromatic rings. The fourth-order valence-electron chi connectivity index (χ4n) is 4.54. The Morgan fingerprint density at radius 1 is 0.974 bits per heavy atom. The van der Waals surface area contributed by atoms with Crippen LogP contribution >= 0.6 is 23.2 Å². The highest BCUT2D eigenvalue weighted by Gasteiger charge is 2.27. The molecule has 1 saturated heterocycles. The van der Waals surface area contributed by atoms with Crippen molar-refractivity contribution in [3.8, 4) is 11.5 Å². The Morgan fingerprint density at radius 3 is 2.56 bits per heavy atom. The Kier molecular flexibility index (Phi) is 8.50. The molecule has 2 aromatic carbocycles. The van der Waals surface area contributed by atoms with Crippen LogP contribution in [-0.2, 0) is 22.6 Å². The zero-order chi connectivity index (χ0) is 27.4. The van der Waals surface area contributed by atoms with Gasteiger partial charge in [0, 0.05) is 25.4 Å². The summed E-state index contributed by atoms with van der Waals surface area (Å²) in [6.45, 7) is 3.30. The average molecular weight is 574 g/mol. The molecule has 0 saturated carbocycles. The normalized spacial score (nSPS) is 15.8. The molecule has 1 fully saturated rings. The summed E-state index contributed by atoms with van der Waals surface area (Å²) in [5, 5.41) is 3.53. The van der Waals surface area contributed by atoms with Crippen LogP contribution < -0.4 is 14.8 Å². The lowest BCUT2D eigenvalue weighted by Crippen LogP contribution is -2.46. The summed E-state index contributed by atoms with van der Waals surface area (Å²) in [5.41, 5.74) is 1.34. The van der Waals surface area contributed by atoms with Crippen molar-refractivity contribution in [2.75, 3.05) is 31.8 Å². The zero-order valence-corrected chi connectivity index (χ0v) is 23.0. The molecule has 1 aromatic heterocycles. The second-order valence-electron chi connectivity index (χ2n) is 9.52. The summed E-state index contributed by atoms with van der Waals surface area (Å²) in [7, 11) is 0. The van der Waals surface area contributed by atoms with Crippen LogP contribution in [-0.4, -0.2) is 54.3 Å². The van der Waals surface area contributed by atoms with Crippen molar-refractivity contribution in [2.24, 2.45) is 0 Å². The number of rotatable bonds is 9. The summed E-state index contributed by atoms with van der Waals surface area (Å²) in [6, 6.07) is 13.7. The first kappa shape index (κ1) is 27.2. The van der Waals surface area contributed by atoms with Gasteiger partial charge in [-0.05, 0) is 67.8 Å². The Bertz CT molecular complexity index is 1340. The van der Waals surface area contributed by atoms with E-state index in [9.17, 15) is 9.59 Å². The number of carbonyl (C=O) groups is 2. The predicted molar refractivity (Wildman–Crippen MR) is 146 cm³/mol. The van der Waals surface area contributed by atoms with Crippen molar-refractivity contribution < 1.29 is 28.2 Å². The number of benzene rings is 2. The first-order chi connectivity index (χ1) is 18.8. The van der Waals surface area contributed by atoms with E-state index in [-0.39, 0.29) is 45.0 Å². The van der Waals surface area contributed by atoms with Crippen LogP contribution in [0.2, 0.25) is 10.0 Å². The lowest BCUT2D eigenvalue weighted by molar-refractivity contribution is -0.133. The maximum Gasteiger partial charge on any atom is 0.322 e. The molecule has 1 unspecified atom stereocenters. The number of aryl methyl sites for hydroxylation is 1. The Balaban J connectivity index is 1.35. The van der Waals surface area contributed by atoms with Gasteiger partial charge in [-0.1, -0.05) is 29.3 Å². The third kappa shape index (κ3) is 6.98. The predicted octanol–water partition coefficient (Wildman–Crippen LogP) is 5.87. The highest BCUT2D eigenvalue weighted by molar-refractivity contribution is 6.42.